The summed E-state index contributed by atoms with van der Waals surface area (Å²) < 4.78 is 0. The quantitative estimate of drug-likeness (QED) is 0.259. The second kappa shape index (κ2) is 9.32. The number of nitro groups is 1. The Bertz CT molecular complexity index is 1240. The third-order valence-electron chi connectivity index (χ3n) is 6.99. The highest BCUT2D eigenvalue weighted by Crippen LogP contribution is 2.35. The van der Waals surface area contributed by atoms with Gasteiger partial charge in [0.2, 0.25) is 0 Å². The summed E-state index contributed by atoms with van der Waals surface area (Å²) in [6.07, 6.45) is 11.2. The van der Waals surface area contributed by atoms with E-state index in [9.17, 15) is 10.1 Å². The van der Waals surface area contributed by atoms with E-state index >= 15 is 0 Å². The highest BCUT2D eigenvalue weighted by Gasteiger charge is 2.29. The predicted octanol–water partition coefficient (Wildman–Crippen LogP) is 6.45. The van der Waals surface area contributed by atoms with Crippen molar-refractivity contribution in [3.05, 3.63) is 75.5 Å². The summed E-state index contributed by atoms with van der Waals surface area (Å²) in [7, 11) is 0. The molecule has 3 aromatic rings. The van der Waals surface area contributed by atoms with Gasteiger partial charge < -0.3 is 0 Å². The fourth-order valence-electron chi connectivity index (χ4n) is 5.18. The maximum Gasteiger partial charge on any atom is 0.270 e. The SMILES string of the molecule is CCCCC(=Cc1ccc2[nH]nc(C3=CCN4CCCC4C3)c2c1)c1cccc([N+](=O)[O-])c1. The lowest BCUT2D eigenvalue weighted by Gasteiger charge is -2.28. The molecule has 0 amide bonds. The molecule has 5 rings (SSSR count). The van der Waals surface area contributed by atoms with Crippen LogP contribution >= 0.6 is 0 Å². The van der Waals surface area contributed by atoms with Crippen molar-refractivity contribution < 1.29 is 4.92 Å². The van der Waals surface area contributed by atoms with Gasteiger partial charge in [0, 0.05) is 30.1 Å². The molecule has 1 N–H and O–H groups in total. The average Bonchev–Trinajstić information content (AvgIpc) is 3.48. The van der Waals surface area contributed by atoms with E-state index in [1.165, 1.54) is 25.0 Å². The minimum atomic E-state index is -0.325. The van der Waals surface area contributed by atoms with Crippen LogP contribution in [0.1, 0.15) is 62.3 Å². The molecule has 2 aromatic carbocycles. The first-order valence-corrected chi connectivity index (χ1v) is 12.0. The van der Waals surface area contributed by atoms with Gasteiger partial charge in [-0.3, -0.25) is 20.1 Å². The van der Waals surface area contributed by atoms with E-state index in [0.29, 0.717) is 6.04 Å². The van der Waals surface area contributed by atoms with Crippen molar-refractivity contribution >= 4 is 33.8 Å². The maximum absolute atomic E-state index is 11.3. The Morgan fingerprint density at radius 1 is 1.30 bits per heavy atom. The lowest BCUT2D eigenvalue weighted by Crippen LogP contribution is -2.32. The topological polar surface area (TPSA) is 75.1 Å². The van der Waals surface area contributed by atoms with Gasteiger partial charge in [-0.15, -0.1) is 0 Å². The fraction of sp³-hybridized carbons (Fsp3) is 0.370. The van der Waals surface area contributed by atoms with Gasteiger partial charge in [0.1, 0.15) is 0 Å². The molecule has 6 heteroatoms. The molecule has 33 heavy (non-hydrogen) atoms. The predicted molar refractivity (Wildman–Crippen MR) is 134 cm³/mol. The van der Waals surface area contributed by atoms with Crippen LogP contribution < -0.4 is 0 Å². The van der Waals surface area contributed by atoms with Gasteiger partial charge in [-0.2, -0.15) is 5.10 Å². The van der Waals surface area contributed by atoms with Gasteiger partial charge in [-0.1, -0.05) is 43.7 Å². The van der Waals surface area contributed by atoms with Crippen molar-refractivity contribution in [1.82, 2.24) is 15.1 Å². The van der Waals surface area contributed by atoms with Crippen molar-refractivity contribution in [2.75, 3.05) is 13.1 Å². The molecule has 6 nitrogen and oxygen atoms in total. The Morgan fingerprint density at radius 3 is 3.06 bits per heavy atom. The van der Waals surface area contributed by atoms with Crippen LogP contribution in [0.25, 0.3) is 28.1 Å². The smallest absolute Gasteiger partial charge is 0.270 e. The molecule has 1 unspecified atom stereocenters. The lowest BCUT2D eigenvalue weighted by atomic mass is 9.94. The first-order chi connectivity index (χ1) is 16.1. The number of hydrogen-bond acceptors (Lipinski definition) is 4. The second-order valence-electron chi connectivity index (χ2n) is 9.18. The average molecular weight is 443 g/mol. The van der Waals surface area contributed by atoms with Gasteiger partial charge in [0.05, 0.1) is 16.1 Å². The van der Waals surface area contributed by atoms with Crippen LogP contribution in [-0.4, -0.2) is 39.2 Å². The van der Waals surface area contributed by atoms with Crippen LogP contribution in [0.15, 0.2) is 48.5 Å². The van der Waals surface area contributed by atoms with Crippen molar-refractivity contribution in [2.45, 2.75) is 51.5 Å². The van der Waals surface area contributed by atoms with Crippen molar-refractivity contribution in [3.63, 3.8) is 0 Å². The van der Waals surface area contributed by atoms with Crippen LogP contribution in [-0.2, 0) is 0 Å². The monoisotopic (exact) mass is 442 g/mol. The number of benzene rings is 2. The first-order valence-electron chi connectivity index (χ1n) is 12.0. The molecular formula is C27H30N4O2. The molecule has 2 aliphatic heterocycles. The maximum atomic E-state index is 11.3. The van der Waals surface area contributed by atoms with Crippen LogP contribution in [0.3, 0.4) is 0 Å². The van der Waals surface area contributed by atoms with Crippen LogP contribution in [0.2, 0.25) is 0 Å². The van der Waals surface area contributed by atoms with Crippen LogP contribution in [0, 0.1) is 10.1 Å². The molecule has 0 radical (unpaired) electrons. The molecule has 0 aliphatic carbocycles. The summed E-state index contributed by atoms with van der Waals surface area (Å²) in [5, 5.41) is 20.3. The number of aromatic nitrogens is 2. The zero-order valence-electron chi connectivity index (χ0n) is 19.1. The van der Waals surface area contributed by atoms with Crippen molar-refractivity contribution in [2.24, 2.45) is 0 Å². The number of hydrogen-bond donors (Lipinski definition) is 1. The van der Waals surface area contributed by atoms with E-state index < -0.39 is 0 Å². The number of non-ortho nitro benzene ring substituents is 1. The van der Waals surface area contributed by atoms with Gasteiger partial charge >= 0.3 is 0 Å². The number of rotatable bonds is 7. The summed E-state index contributed by atoms with van der Waals surface area (Å²) in [4.78, 5) is 13.5. The van der Waals surface area contributed by atoms with Gasteiger partial charge in [-0.05, 0) is 73.1 Å². The number of fused-ring (bicyclic) bond motifs is 2. The number of allylic oxidation sites excluding steroid dienone is 1. The lowest BCUT2D eigenvalue weighted by molar-refractivity contribution is -0.384. The standard InChI is InChI=1S/C27H30N4O2/c1-2-3-6-20(21-7-4-8-24(17-21)31(32)33)15-19-10-11-26-25(16-19)27(29-28-26)22-12-14-30-13-5-9-23(30)18-22/h4,7-8,10-12,15-17,23H,2-3,5-6,9,13-14,18H2,1H3,(H,28,29). The van der Waals surface area contributed by atoms with Crippen molar-refractivity contribution in [1.29, 1.82) is 0 Å². The zero-order valence-corrected chi connectivity index (χ0v) is 19.1. The normalized spacial score (nSPS) is 19.0. The summed E-state index contributed by atoms with van der Waals surface area (Å²) >= 11 is 0. The fourth-order valence-corrected chi connectivity index (χ4v) is 5.18. The zero-order chi connectivity index (χ0) is 22.8. The summed E-state index contributed by atoms with van der Waals surface area (Å²) in [5.41, 5.74) is 6.73. The molecule has 3 heterocycles. The molecule has 0 bridgehead atoms. The molecule has 0 spiro atoms. The van der Waals surface area contributed by atoms with E-state index in [4.69, 9.17) is 0 Å². The summed E-state index contributed by atoms with van der Waals surface area (Å²) in [6.45, 7) is 4.39. The molecule has 2 aliphatic rings. The Kier molecular flexibility index (Phi) is 6.09. The number of nitrogens with zero attached hydrogens (tertiary/aromatic N) is 3. The Morgan fingerprint density at radius 2 is 2.21 bits per heavy atom. The molecule has 0 saturated carbocycles. The summed E-state index contributed by atoms with van der Waals surface area (Å²) in [6, 6.07) is 14.0. The number of nitro benzene ring substituents is 1. The van der Waals surface area contributed by atoms with E-state index in [1.807, 2.05) is 6.07 Å². The van der Waals surface area contributed by atoms with E-state index in [0.717, 1.165) is 65.5 Å². The number of unbranched alkanes of at least 4 members (excludes halogenated alkanes) is 1. The highest BCUT2D eigenvalue weighted by molar-refractivity contribution is 5.93. The third-order valence-corrected chi connectivity index (χ3v) is 6.99. The molecule has 1 fully saturated rings. The molecule has 1 atom stereocenters. The van der Waals surface area contributed by atoms with Crippen LogP contribution in [0.5, 0.6) is 0 Å². The van der Waals surface area contributed by atoms with Crippen molar-refractivity contribution in [3.8, 4) is 0 Å². The Balaban J connectivity index is 1.51. The molecular weight excluding hydrogens is 412 g/mol. The molecule has 170 valence electrons. The first kappa shape index (κ1) is 21.6. The van der Waals surface area contributed by atoms with Crippen LogP contribution in [0.4, 0.5) is 5.69 Å². The van der Waals surface area contributed by atoms with E-state index in [-0.39, 0.29) is 10.6 Å². The van der Waals surface area contributed by atoms with Gasteiger partial charge in [0.15, 0.2) is 0 Å². The number of nitrogens with one attached hydrogen (secondary N) is 1. The minimum Gasteiger partial charge on any atom is -0.296 e. The van der Waals surface area contributed by atoms with Gasteiger partial charge in [0.25, 0.3) is 5.69 Å². The second-order valence-corrected chi connectivity index (χ2v) is 9.18. The van der Waals surface area contributed by atoms with E-state index in [1.54, 1.807) is 18.2 Å². The minimum absolute atomic E-state index is 0.132. The largest absolute Gasteiger partial charge is 0.296 e. The van der Waals surface area contributed by atoms with Gasteiger partial charge in [-0.25, -0.2) is 0 Å². The number of H-pyrrole nitrogens is 1. The van der Waals surface area contributed by atoms with E-state index in [2.05, 4.69) is 52.4 Å². The molecule has 1 aromatic heterocycles. The molecule has 1 saturated heterocycles. The Hall–Kier alpha value is -3.25. The number of aromatic amines is 1. The third kappa shape index (κ3) is 4.48. The summed E-state index contributed by atoms with van der Waals surface area (Å²) in [5.74, 6) is 0. The Labute approximate surface area is 194 Å². The highest BCUT2D eigenvalue weighted by atomic mass is 16.6.